The number of allylic oxidation sites excluding steroid dienone is 6. The summed E-state index contributed by atoms with van der Waals surface area (Å²) in [5.41, 5.74) is 0. The summed E-state index contributed by atoms with van der Waals surface area (Å²) in [4.78, 5) is 38.3. The molecule has 0 rings (SSSR count). The average Bonchev–Trinajstić information content (AvgIpc) is 3.38. The first-order chi connectivity index (χ1) is 35.5. The van der Waals surface area contributed by atoms with E-state index in [0.29, 0.717) is 19.3 Å². The Hall–Kier alpha value is -2.37. The van der Waals surface area contributed by atoms with Crippen LogP contribution in [-0.4, -0.2) is 37.2 Å². The molecule has 0 aromatic rings. The predicted octanol–water partition coefficient (Wildman–Crippen LogP) is 21.6. The summed E-state index contributed by atoms with van der Waals surface area (Å²) in [5, 5.41) is 0. The number of hydrogen-bond acceptors (Lipinski definition) is 6. The third-order valence-electron chi connectivity index (χ3n) is 14.4. The quantitative estimate of drug-likeness (QED) is 0.0261. The molecule has 422 valence electrons. The maximum Gasteiger partial charge on any atom is 0.306 e. The highest BCUT2D eigenvalue weighted by molar-refractivity contribution is 5.71. The molecule has 0 saturated carbocycles. The standard InChI is InChI=1S/C66H122O6/c1-4-7-10-13-16-19-22-25-28-30-32-33-35-36-38-41-44-47-50-53-56-59-65(68)71-62-63(61-70-64(67)58-55-52-49-46-43-40-27-24-21-18-15-12-9-6-3)72-66(69)60-57-54-51-48-45-42-39-37-34-31-29-26-23-20-17-14-11-8-5-2/h22,24-25,27,30,32,63H,4-21,23,26,28-29,31,33-62H2,1-3H3/b25-22-,27-24-,32-30-. The molecular weight excluding hydrogens is 889 g/mol. The van der Waals surface area contributed by atoms with Gasteiger partial charge in [-0.25, -0.2) is 0 Å². The second-order valence-corrected chi connectivity index (χ2v) is 21.7. The van der Waals surface area contributed by atoms with Crippen molar-refractivity contribution in [3.8, 4) is 0 Å². The smallest absolute Gasteiger partial charge is 0.306 e. The van der Waals surface area contributed by atoms with E-state index < -0.39 is 6.10 Å². The number of carbonyl (C=O) groups excluding carboxylic acids is 3. The number of carbonyl (C=O) groups is 3. The van der Waals surface area contributed by atoms with Crippen molar-refractivity contribution in [3.05, 3.63) is 36.5 Å². The first-order valence-electron chi connectivity index (χ1n) is 32.0. The Morgan fingerprint density at radius 3 is 0.778 bits per heavy atom. The zero-order chi connectivity index (χ0) is 52.2. The summed E-state index contributed by atoms with van der Waals surface area (Å²) in [6, 6.07) is 0. The van der Waals surface area contributed by atoms with Gasteiger partial charge in [-0.2, -0.15) is 0 Å². The topological polar surface area (TPSA) is 78.9 Å². The third kappa shape index (κ3) is 58.5. The van der Waals surface area contributed by atoms with E-state index in [1.807, 2.05) is 0 Å². The molecule has 0 bridgehead atoms. The summed E-state index contributed by atoms with van der Waals surface area (Å²) in [5.74, 6) is -0.862. The second-order valence-electron chi connectivity index (χ2n) is 21.7. The number of ether oxygens (including phenoxy) is 3. The van der Waals surface area contributed by atoms with Crippen LogP contribution in [0.1, 0.15) is 348 Å². The summed E-state index contributed by atoms with van der Waals surface area (Å²) >= 11 is 0. The molecule has 0 saturated heterocycles. The van der Waals surface area contributed by atoms with Crippen molar-refractivity contribution < 1.29 is 28.6 Å². The minimum atomic E-state index is -0.775. The Morgan fingerprint density at radius 2 is 0.500 bits per heavy atom. The Balaban J connectivity index is 4.32. The van der Waals surface area contributed by atoms with Crippen LogP contribution in [-0.2, 0) is 28.6 Å². The molecule has 1 atom stereocenters. The van der Waals surface area contributed by atoms with Crippen LogP contribution in [0, 0.1) is 0 Å². The summed E-state index contributed by atoms with van der Waals surface area (Å²) in [6.07, 6.45) is 74.3. The lowest BCUT2D eigenvalue weighted by Crippen LogP contribution is -2.30. The summed E-state index contributed by atoms with van der Waals surface area (Å²) in [6.45, 7) is 6.67. The van der Waals surface area contributed by atoms with Crippen molar-refractivity contribution in [2.24, 2.45) is 0 Å². The molecule has 0 aliphatic rings. The van der Waals surface area contributed by atoms with Crippen LogP contribution < -0.4 is 0 Å². The first kappa shape index (κ1) is 69.6. The van der Waals surface area contributed by atoms with E-state index in [1.54, 1.807) is 0 Å². The van der Waals surface area contributed by atoms with E-state index >= 15 is 0 Å². The van der Waals surface area contributed by atoms with Gasteiger partial charge in [0, 0.05) is 19.3 Å². The molecule has 0 aromatic carbocycles. The molecule has 0 spiro atoms. The van der Waals surface area contributed by atoms with Gasteiger partial charge in [0.15, 0.2) is 6.10 Å². The van der Waals surface area contributed by atoms with Gasteiger partial charge in [-0.1, -0.05) is 288 Å². The van der Waals surface area contributed by atoms with E-state index in [4.69, 9.17) is 14.2 Å². The largest absolute Gasteiger partial charge is 0.462 e. The van der Waals surface area contributed by atoms with Crippen LogP contribution in [0.25, 0.3) is 0 Å². The van der Waals surface area contributed by atoms with E-state index in [9.17, 15) is 14.4 Å². The number of unbranched alkanes of at least 4 members (excludes halogenated alkanes) is 42. The van der Waals surface area contributed by atoms with Gasteiger partial charge in [0.25, 0.3) is 0 Å². The molecule has 0 aliphatic heterocycles. The van der Waals surface area contributed by atoms with Crippen molar-refractivity contribution >= 4 is 17.9 Å². The zero-order valence-electron chi connectivity index (χ0n) is 48.5. The van der Waals surface area contributed by atoms with Gasteiger partial charge in [-0.05, 0) is 77.0 Å². The lowest BCUT2D eigenvalue weighted by molar-refractivity contribution is -0.167. The van der Waals surface area contributed by atoms with E-state index in [-0.39, 0.29) is 31.1 Å². The third-order valence-corrected chi connectivity index (χ3v) is 14.4. The van der Waals surface area contributed by atoms with Crippen molar-refractivity contribution in [2.75, 3.05) is 13.2 Å². The Kier molecular flexibility index (Phi) is 59.2. The minimum absolute atomic E-state index is 0.0730. The normalized spacial score (nSPS) is 12.2. The maximum absolute atomic E-state index is 12.9. The van der Waals surface area contributed by atoms with E-state index in [0.717, 1.165) is 70.6 Å². The first-order valence-corrected chi connectivity index (χ1v) is 32.0. The van der Waals surface area contributed by atoms with Gasteiger partial charge in [-0.3, -0.25) is 14.4 Å². The molecule has 0 aromatic heterocycles. The molecule has 0 N–H and O–H groups in total. The highest BCUT2D eigenvalue weighted by Gasteiger charge is 2.19. The van der Waals surface area contributed by atoms with Crippen molar-refractivity contribution in [1.29, 1.82) is 0 Å². The summed E-state index contributed by atoms with van der Waals surface area (Å²) in [7, 11) is 0. The van der Waals surface area contributed by atoms with Gasteiger partial charge >= 0.3 is 17.9 Å². The van der Waals surface area contributed by atoms with Gasteiger partial charge in [0.2, 0.25) is 0 Å². The predicted molar refractivity (Wildman–Crippen MR) is 312 cm³/mol. The van der Waals surface area contributed by atoms with Gasteiger partial charge in [-0.15, -0.1) is 0 Å². The monoisotopic (exact) mass is 1010 g/mol. The molecule has 0 amide bonds. The molecule has 0 radical (unpaired) electrons. The fraction of sp³-hybridized carbons (Fsp3) is 0.864. The molecule has 72 heavy (non-hydrogen) atoms. The molecule has 6 nitrogen and oxygen atoms in total. The fourth-order valence-electron chi connectivity index (χ4n) is 9.53. The van der Waals surface area contributed by atoms with Crippen molar-refractivity contribution in [2.45, 2.75) is 354 Å². The number of rotatable bonds is 59. The highest BCUT2D eigenvalue weighted by Crippen LogP contribution is 2.17. The Labute approximate surface area is 448 Å². The van der Waals surface area contributed by atoms with Crippen LogP contribution in [0.15, 0.2) is 36.5 Å². The molecule has 0 heterocycles. The second kappa shape index (κ2) is 61.2. The van der Waals surface area contributed by atoms with Crippen LogP contribution in [0.3, 0.4) is 0 Å². The van der Waals surface area contributed by atoms with Crippen LogP contribution in [0.2, 0.25) is 0 Å². The summed E-state index contributed by atoms with van der Waals surface area (Å²) < 4.78 is 16.9. The Morgan fingerprint density at radius 1 is 0.278 bits per heavy atom. The maximum atomic E-state index is 12.9. The molecule has 1 unspecified atom stereocenters. The van der Waals surface area contributed by atoms with Crippen LogP contribution >= 0.6 is 0 Å². The molecule has 6 heteroatoms. The Bertz CT molecular complexity index is 1210. The number of esters is 3. The van der Waals surface area contributed by atoms with Crippen molar-refractivity contribution in [1.82, 2.24) is 0 Å². The van der Waals surface area contributed by atoms with Gasteiger partial charge in [0.05, 0.1) is 0 Å². The van der Waals surface area contributed by atoms with Crippen LogP contribution in [0.4, 0.5) is 0 Å². The minimum Gasteiger partial charge on any atom is -0.462 e. The molecule has 0 aliphatic carbocycles. The highest BCUT2D eigenvalue weighted by atomic mass is 16.6. The van der Waals surface area contributed by atoms with E-state index in [1.165, 1.54) is 238 Å². The zero-order valence-corrected chi connectivity index (χ0v) is 48.5. The van der Waals surface area contributed by atoms with Crippen LogP contribution in [0.5, 0.6) is 0 Å². The van der Waals surface area contributed by atoms with Crippen molar-refractivity contribution in [3.63, 3.8) is 0 Å². The van der Waals surface area contributed by atoms with Gasteiger partial charge in [0.1, 0.15) is 13.2 Å². The molecular formula is C66H122O6. The number of hydrogen-bond donors (Lipinski definition) is 0. The lowest BCUT2D eigenvalue weighted by Gasteiger charge is -2.18. The lowest BCUT2D eigenvalue weighted by atomic mass is 10.0. The average molecular weight is 1010 g/mol. The molecule has 0 fully saturated rings. The van der Waals surface area contributed by atoms with Gasteiger partial charge < -0.3 is 14.2 Å². The van der Waals surface area contributed by atoms with E-state index in [2.05, 4.69) is 57.2 Å². The fourth-order valence-corrected chi connectivity index (χ4v) is 9.53. The SMILES string of the molecule is CCCCCCC/C=C\C/C=C\CCCCCCCCCCCC(=O)OCC(COC(=O)CCCCCCC/C=C\CCCCCCC)OC(=O)CCCCCCCCCCCCCCCCCCCCC.